The van der Waals surface area contributed by atoms with Gasteiger partial charge in [-0.05, 0) is 64.0 Å². The number of fused-ring (bicyclic) bond motifs is 1. The van der Waals surface area contributed by atoms with Gasteiger partial charge in [-0.2, -0.15) is 0 Å². The lowest BCUT2D eigenvalue weighted by molar-refractivity contribution is -0.154. The molecule has 154 valence electrons. The molecule has 1 heterocycles. The van der Waals surface area contributed by atoms with E-state index in [4.69, 9.17) is 21.7 Å². The third-order valence-electron chi connectivity index (χ3n) is 4.79. The van der Waals surface area contributed by atoms with Crippen molar-refractivity contribution < 1.29 is 14.3 Å². The fourth-order valence-electron chi connectivity index (χ4n) is 2.88. The zero-order valence-electron chi connectivity index (χ0n) is 17.5. The quantitative estimate of drug-likeness (QED) is 0.219. The lowest BCUT2D eigenvalue weighted by atomic mass is 9.85. The minimum Gasteiger partial charge on any atom is -0.493 e. The molecule has 28 heavy (non-hydrogen) atoms. The lowest BCUT2D eigenvalue weighted by Crippen LogP contribution is -2.27. The maximum atomic E-state index is 12.3. The highest BCUT2D eigenvalue weighted by molar-refractivity contribution is 7.73. The van der Waals surface area contributed by atoms with E-state index in [9.17, 15) is 4.79 Å². The molecular formula is C23H32O3S2. The summed E-state index contributed by atoms with van der Waals surface area (Å²) in [5, 5.41) is 1.11. The Hall–Kier alpha value is -1.46. The van der Waals surface area contributed by atoms with E-state index in [0.717, 1.165) is 51.8 Å². The van der Waals surface area contributed by atoms with Crippen molar-refractivity contribution in [3.05, 3.63) is 34.2 Å². The Morgan fingerprint density at radius 3 is 2.61 bits per heavy atom. The Bertz CT molecular complexity index is 824. The van der Waals surface area contributed by atoms with Gasteiger partial charge in [0.2, 0.25) is 0 Å². The topological polar surface area (TPSA) is 35.5 Å². The van der Waals surface area contributed by atoms with Crippen molar-refractivity contribution in [2.45, 2.75) is 59.8 Å². The van der Waals surface area contributed by atoms with Gasteiger partial charge in [0.15, 0.2) is 0 Å². The molecule has 0 saturated carbocycles. The molecule has 0 aliphatic heterocycles. The average molecular weight is 421 g/mol. The minimum absolute atomic E-state index is 0.0839. The maximum Gasteiger partial charge on any atom is 0.311 e. The Kier molecular flexibility index (Phi) is 8.90. The van der Waals surface area contributed by atoms with Gasteiger partial charge in [-0.15, -0.1) is 11.3 Å². The van der Waals surface area contributed by atoms with Crippen molar-refractivity contribution in [2.75, 3.05) is 13.2 Å². The van der Waals surface area contributed by atoms with E-state index in [1.165, 1.54) is 0 Å². The molecule has 0 amide bonds. The summed E-state index contributed by atoms with van der Waals surface area (Å²) in [6.45, 7) is 9.43. The van der Waals surface area contributed by atoms with Gasteiger partial charge in [0.1, 0.15) is 5.75 Å². The van der Waals surface area contributed by atoms with Crippen molar-refractivity contribution >= 4 is 39.6 Å². The second kappa shape index (κ2) is 10.9. The van der Waals surface area contributed by atoms with Gasteiger partial charge in [0, 0.05) is 16.2 Å². The number of unbranched alkanes of at least 4 members (excludes halogenated alkanes) is 2. The van der Waals surface area contributed by atoms with Crippen LogP contribution in [0.25, 0.3) is 10.1 Å². The van der Waals surface area contributed by atoms with Gasteiger partial charge in [0.25, 0.3) is 0 Å². The molecule has 2 aromatic rings. The smallest absolute Gasteiger partial charge is 0.311 e. The van der Waals surface area contributed by atoms with Crippen molar-refractivity contribution in [2.24, 2.45) is 11.3 Å². The molecule has 0 radical (unpaired) electrons. The zero-order chi connectivity index (χ0) is 20.6. The molecule has 0 aliphatic rings. The predicted molar refractivity (Wildman–Crippen MR) is 121 cm³/mol. The first-order valence-corrected chi connectivity index (χ1v) is 11.3. The van der Waals surface area contributed by atoms with Crippen molar-refractivity contribution in [3.8, 4) is 5.75 Å². The molecule has 3 nitrogen and oxygen atoms in total. The normalized spacial score (nSPS) is 11.8. The van der Waals surface area contributed by atoms with Crippen molar-refractivity contribution in [1.82, 2.24) is 0 Å². The van der Waals surface area contributed by atoms with Crippen LogP contribution in [0.3, 0.4) is 0 Å². The fourth-order valence-corrected chi connectivity index (χ4v) is 4.06. The van der Waals surface area contributed by atoms with Crippen LogP contribution in [0.1, 0.15) is 59.8 Å². The first kappa shape index (κ1) is 22.8. The third-order valence-corrected chi connectivity index (χ3v) is 6.05. The van der Waals surface area contributed by atoms with E-state index in [0.29, 0.717) is 19.1 Å². The summed E-state index contributed by atoms with van der Waals surface area (Å²) in [6, 6.07) is 10.1. The van der Waals surface area contributed by atoms with Crippen molar-refractivity contribution in [3.63, 3.8) is 0 Å². The Morgan fingerprint density at radius 2 is 1.86 bits per heavy atom. The molecule has 2 rings (SSSR count). The number of benzene rings is 1. The minimum atomic E-state index is -0.398. The van der Waals surface area contributed by atoms with Crippen LogP contribution in [0, 0.1) is 15.2 Å². The molecule has 0 saturated heterocycles. The van der Waals surface area contributed by atoms with Crippen LogP contribution in [0.4, 0.5) is 0 Å². The number of ether oxygens (including phenoxy) is 2. The predicted octanol–water partition coefficient (Wildman–Crippen LogP) is 7.19. The third kappa shape index (κ3) is 7.17. The molecule has 0 fully saturated rings. The van der Waals surface area contributed by atoms with Crippen LogP contribution < -0.4 is 4.74 Å². The highest BCUT2D eigenvalue weighted by atomic mass is 32.1. The molecule has 0 atom stereocenters. The van der Waals surface area contributed by atoms with E-state index in [1.807, 2.05) is 32.0 Å². The summed E-state index contributed by atoms with van der Waals surface area (Å²) < 4.78 is 13.4. The van der Waals surface area contributed by atoms with Gasteiger partial charge < -0.3 is 9.47 Å². The second-order valence-electron chi connectivity index (χ2n) is 8.29. The summed E-state index contributed by atoms with van der Waals surface area (Å²) in [5.41, 5.74) is -0.398. The SMILES string of the molecule is CC(C)CCC(C)(C)C(=O)OCCCCCOc1cc(=S)sc2ccccc12. The molecule has 0 unspecified atom stereocenters. The van der Waals surface area contributed by atoms with Gasteiger partial charge in [0.05, 0.1) is 22.5 Å². The van der Waals surface area contributed by atoms with E-state index in [-0.39, 0.29) is 5.97 Å². The fraction of sp³-hybridized carbons (Fsp3) is 0.565. The summed E-state index contributed by atoms with van der Waals surface area (Å²) in [7, 11) is 0. The van der Waals surface area contributed by atoms with Gasteiger partial charge in [-0.1, -0.05) is 38.2 Å². The molecule has 0 bridgehead atoms. The standard InChI is InChI=1S/C23H32O3S2/c1-17(2)12-13-23(3,4)22(24)26-15-9-5-8-14-25-19-16-21(27)28-20-11-7-6-10-18(19)20/h6-7,10-11,16-17H,5,8-9,12-15H2,1-4H3. The highest BCUT2D eigenvalue weighted by Gasteiger charge is 2.28. The monoisotopic (exact) mass is 420 g/mol. The maximum absolute atomic E-state index is 12.3. The van der Waals surface area contributed by atoms with Crippen LogP contribution in [-0.2, 0) is 9.53 Å². The average Bonchev–Trinajstić information content (AvgIpc) is 2.65. The van der Waals surface area contributed by atoms with Crippen LogP contribution in [-0.4, -0.2) is 19.2 Å². The van der Waals surface area contributed by atoms with E-state index in [2.05, 4.69) is 26.0 Å². The first-order chi connectivity index (χ1) is 13.3. The summed E-state index contributed by atoms with van der Waals surface area (Å²) in [6.07, 6.45) is 4.66. The molecule has 0 aliphatic carbocycles. The number of hydrogen-bond donors (Lipinski definition) is 0. The van der Waals surface area contributed by atoms with E-state index in [1.54, 1.807) is 11.3 Å². The van der Waals surface area contributed by atoms with Gasteiger partial charge >= 0.3 is 5.97 Å². The molecule has 0 spiro atoms. The van der Waals surface area contributed by atoms with E-state index < -0.39 is 5.41 Å². The second-order valence-corrected chi connectivity index (χ2v) is 10.1. The van der Waals surface area contributed by atoms with Crippen LogP contribution >= 0.6 is 23.6 Å². The molecular weight excluding hydrogens is 388 g/mol. The number of rotatable bonds is 11. The van der Waals surface area contributed by atoms with Crippen LogP contribution in [0.5, 0.6) is 5.75 Å². The summed E-state index contributed by atoms with van der Waals surface area (Å²) >= 11 is 6.94. The molecule has 5 heteroatoms. The lowest BCUT2D eigenvalue weighted by Gasteiger charge is -2.23. The van der Waals surface area contributed by atoms with Gasteiger partial charge in [-0.3, -0.25) is 4.79 Å². The summed E-state index contributed by atoms with van der Waals surface area (Å²) in [5.74, 6) is 1.38. The van der Waals surface area contributed by atoms with Crippen molar-refractivity contribution in [1.29, 1.82) is 0 Å². The zero-order valence-corrected chi connectivity index (χ0v) is 19.1. The molecule has 0 N–H and O–H groups in total. The molecule has 1 aromatic carbocycles. The number of hydrogen-bond acceptors (Lipinski definition) is 5. The van der Waals surface area contributed by atoms with Crippen LogP contribution in [0.2, 0.25) is 0 Å². The molecule has 1 aromatic heterocycles. The summed E-state index contributed by atoms with van der Waals surface area (Å²) in [4.78, 5) is 12.3. The van der Waals surface area contributed by atoms with Crippen LogP contribution in [0.15, 0.2) is 30.3 Å². The Balaban J connectivity index is 1.68. The Labute approximate surface area is 178 Å². The first-order valence-electron chi connectivity index (χ1n) is 10.1. The van der Waals surface area contributed by atoms with Gasteiger partial charge in [-0.25, -0.2) is 0 Å². The number of carbonyl (C=O) groups is 1. The number of carbonyl (C=O) groups excluding carboxylic acids is 1. The number of esters is 1. The van der Waals surface area contributed by atoms with E-state index >= 15 is 0 Å². The Morgan fingerprint density at radius 1 is 1.14 bits per heavy atom. The highest BCUT2D eigenvalue weighted by Crippen LogP contribution is 2.30. The largest absolute Gasteiger partial charge is 0.493 e.